The van der Waals surface area contributed by atoms with Gasteiger partial charge < -0.3 is 4.74 Å². The molecule has 1 aliphatic heterocycles. The standard InChI is InChI=1S/C17H20ClN3O3S/c1-3-24-17-19-9-15(10-20-17)12(2)21-7-6-13-4-5-16(25(18,22)23)8-14(13)11-21/h4-5,8-10,12H,3,6-7,11H2,1-2H3/t12-/m1/s1. The van der Waals surface area contributed by atoms with Crippen LogP contribution in [0, 0.1) is 0 Å². The fourth-order valence-electron chi connectivity index (χ4n) is 2.99. The minimum atomic E-state index is -3.72. The highest BCUT2D eigenvalue weighted by atomic mass is 35.7. The number of ether oxygens (including phenoxy) is 1. The van der Waals surface area contributed by atoms with Crippen LogP contribution in [0.2, 0.25) is 0 Å². The van der Waals surface area contributed by atoms with Gasteiger partial charge in [0.1, 0.15) is 0 Å². The Kier molecular flexibility index (Phi) is 5.27. The zero-order chi connectivity index (χ0) is 18.0. The molecule has 8 heteroatoms. The molecule has 0 N–H and O–H groups in total. The Hall–Kier alpha value is -1.70. The summed E-state index contributed by atoms with van der Waals surface area (Å²) in [5.74, 6) is 0. The van der Waals surface area contributed by atoms with Gasteiger partial charge in [0.15, 0.2) is 0 Å². The van der Waals surface area contributed by atoms with Crippen LogP contribution in [0.3, 0.4) is 0 Å². The average Bonchev–Trinajstić information content (AvgIpc) is 2.60. The Labute approximate surface area is 152 Å². The molecule has 0 saturated carbocycles. The summed E-state index contributed by atoms with van der Waals surface area (Å²) in [7, 11) is 1.75. The molecule has 2 aromatic rings. The Bertz CT molecular complexity index is 856. The Morgan fingerprint density at radius 1 is 1.28 bits per heavy atom. The van der Waals surface area contributed by atoms with Crippen LogP contribution in [0.25, 0.3) is 0 Å². The van der Waals surface area contributed by atoms with E-state index in [-0.39, 0.29) is 10.9 Å². The van der Waals surface area contributed by atoms with Gasteiger partial charge in [-0.05, 0) is 43.5 Å². The predicted molar refractivity (Wildman–Crippen MR) is 95.2 cm³/mol. The number of aromatic nitrogens is 2. The van der Waals surface area contributed by atoms with Gasteiger partial charge in [-0.3, -0.25) is 4.90 Å². The third-order valence-corrected chi connectivity index (χ3v) is 5.80. The van der Waals surface area contributed by atoms with E-state index >= 15 is 0 Å². The lowest BCUT2D eigenvalue weighted by Gasteiger charge is -2.33. The maximum Gasteiger partial charge on any atom is 0.316 e. The molecule has 0 unspecified atom stereocenters. The minimum Gasteiger partial charge on any atom is -0.464 e. The molecule has 1 aromatic carbocycles. The molecule has 0 bridgehead atoms. The van der Waals surface area contributed by atoms with Crippen molar-refractivity contribution >= 4 is 19.7 Å². The molecular formula is C17H20ClN3O3S. The average molecular weight is 382 g/mol. The third kappa shape index (κ3) is 4.11. The summed E-state index contributed by atoms with van der Waals surface area (Å²) in [5, 5.41) is 0. The van der Waals surface area contributed by atoms with Crippen LogP contribution >= 0.6 is 10.7 Å². The summed E-state index contributed by atoms with van der Waals surface area (Å²) >= 11 is 0. The first-order chi connectivity index (χ1) is 11.9. The monoisotopic (exact) mass is 381 g/mol. The van der Waals surface area contributed by atoms with Crippen molar-refractivity contribution in [3.63, 3.8) is 0 Å². The van der Waals surface area contributed by atoms with Crippen molar-refractivity contribution in [1.82, 2.24) is 14.9 Å². The van der Waals surface area contributed by atoms with Gasteiger partial charge in [-0.2, -0.15) is 0 Å². The van der Waals surface area contributed by atoms with Crippen molar-refractivity contribution in [3.05, 3.63) is 47.3 Å². The summed E-state index contributed by atoms with van der Waals surface area (Å²) in [6.45, 7) is 6.05. The molecule has 0 radical (unpaired) electrons. The van der Waals surface area contributed by atoms with Gasteiger partial charge in [0.2, 0.25) is 0 Å². The Morgan fingerprint density at radius 2 is 2.00 bits per heavy atom. The molecule has 25 heavy (non-hydrogen) atoms. The van der Waals surface area contributed by atoms with Crippen LogP contribution in [0.4, 0.5) is 0 Å². The molecule has 0 fully saturated rings. The van der Waals surface area contributed by atoms with E-state index in [9.17, 15) is 8.42 Å². The van der Waals surface area contributed by atoms with Crippen LogP contribution in [0.1, 0.15) is 36.6 Å². The molecule has 6 nitrogen and oxygen atoms in total. The lowest BCUT2D eigenvalue weighted by Crippen LogP contribution is -2.33. The quantitative estimate of drug-likeness (QED) is 0.741. The van der Waals surface area contributed by atoms with Gasteiger partial charge >= 0.3 is 6.01 Å². The van der Waals surface area contributed by atoms with Gasteiger partial charge in [0.25, 0.3) is 9.05 Å². The molecule has 1 aliphatic rings. The van der Waals surface area contributed by atoms with Crippen LogP contribution in [0.15, 0.2) is 35.5 Å². The smallest absolute Gasteiger partial charge is 0.316 e. The minimum absolute atomic E-state index is 0.111. The second kappa shape index (κ2) is 7.27. The highest BCUT2D eigenvalue weighted by molar-refractivity contribution is 8.13. The van der Waals surface area contributed by atoms with E-state index < -0.39 is 9.05 Å². The highest BCUT2D eigenvalue weighted by Crippen LogP contribution is 2.29. The second-order valence-electron chi connectivity index (χ2n) is 6.00. The molecule has 3 rings (SSSR count). The van der Waals surface area contributed by atoms with Gasteiger partial charge in [-0.1, -0.05) is 6.07 Å². The molecule has 1 aromatic heterocycles. The first kappa shape index (κ1) is 18.1. The van der Waals surface area contributed by atoms with Crippen LogP contribution in [0.5, 0.6) is 6.01 Å². The summed E-state index contributed by atoms with van der Waals surface area (Å²) in [5.41, 5.74) is 3.15. The van der Waals surface area contributed by atoms with Crippen molar-refractivity contribution in [3.8, 4) is 6.01 Å². The number of hydrogen-bond acceptors (Lipinski definition) is 6. The lowest BCUT2D eigenvalue weighted by molar-refractivity contribution is 0.191. The molecule has 1 atom stereocenters. The van der Waals surface area contributed by atoms with Crippen molar-refractivity contribution in [2.24, 2.45) is 0 Å². The number of rotatable bonds is 5. The van der Waals surface area contributed by atoms with Crippen LogP contribution in [-0.2, 0) is 22.0 Å². The van der Waals surface area contributed by atoms with Crippen LogP contribution in [-0.4, -0.2) is 36.4 Å². The molecule has 0 saturated heterocycles. The van der Waals surface area contributed by atoms with E-state index in [1.165, 1.54) is 0 Å². The predicted octanol–water partition coefficient (Wildman–Crippen LogP) is 2.92. The Morgan fingerprint density at radius 3 is 2.64 bits per heavy atom. The van der Waals surface area contributed by atoms with E-state index in [1.807, 2.05) is 13.0 Å². The topological polar surface area (TPSA) is 72.4 Å². The summed E-state index contributed by atoms with van der Waals surface area (Å²) in [4.78, 5) is 10.9. The van der Waals surface area contributed by atoms with Crippen LogP contribution < -0.4 is 4.74 Å². The molecular weight excluding hydrogens is 362 g/mol. The molecule has 134 valence electrons. The fraction of sp³-hybridized carbons (Fsp3) is 0.412. The van der Waals surface area contributed by atoms with Crippen molar-refractivity contribution < 1.29 is 13.2 Å². The first-order valence-corrected chi connectivity index (χ1v) is 10.4. The van der Waals surface area contributed by atoms with E-state index in [2.05, 4.69) is 21.8 Å². The number of hydrogen-bond donors (Lipinski definition) is 0. The number of nitrogens with zero attached hydrogens (tertiary/aromatic N) is 3. The SMILES string of the molecule is CCOc1ncc([C@@H](C)N2CCc3ccc(S(=O)(=O)Cl)cc3C2)cn1. The summed E-state index contributed by atoms with van der Waals surface area (Å²) in [6, 6.07) is 5.58. The van der Waals surface area contributed by atoms with Crippen molar-refractivity contribution in [2.75, 3.05) is 13.2 Å². The van der Waals surface area contributed by atoms with E-state index in [0.717, 1.165) is 29.7 Å². The number of benzene rings is 1. The lowest BCUT2D eigenvalue weighted by atomic mass is 9.97. The van der Waals surface area contributed by atoms with Gasteiger partial charge in [-0.15, -0.1) is 0 Å². The van der Waals surface area contributed by atoms with Gasteiger partial charge in [0.05, 0.1) is 11.5 Å². The summed E-state index contributed by atoms with van der Waals surface area (Å²) in [6.07, 6.45) is 4.41. The zero-order valence-corrected chi connectivity index (χ0v) is 15.7. The zero-order valence-electron chi connectivity index (χ0n) is 14.1. The number of fused-ring (bicyclic) bond motifs is 1. The maximum absolute atomic E-state index is 11.6. The summed E-state index contributed by atoms with van der Waals surface area (Å²) < 4.78 is 28.4. The molecule has 0 spiro atoms. The highest BCUT2D eigenvalue weighted by Gasteiger charge is 2.24. The van der Waals surface area contributed by atoms with Gasteiger partial charge in [0, 0.05) is 47.8 Å². The van der Waals surface area contributed by atoms with E-state index in [4.69, 9.17) is 15.4 Å². The van der Waals surface area contributed by atoms with Gasteiger partial charge in [-0.25, -0.2) is 18.4 Å². The maximum atomic E-state index is 11.6. The normalized spacial score (nSPS) is 16.3. The second-order valence-corrected chi connectivity index (χ2v) is 8.56. The largest absolute Gasteiger partial charge is 0.464 e. The first-order valence-electron chi connectivity index (χ1n) is 8.13. The molecule has 0 aliphatic carbocycles. The number of halogens is 1. The third-order valence-electron chi connectivity index (χ3n) is 4.45. The molecule has 0 amide bonds. The van der Waals surface area contributed by atoms with Crippen molar-refractivity contribution in [2.45, 2.75) is 37.8 Å². The van der Waals surface area contributed by atoms with Crippen molar-refractivity contribution in [1.29, 1.82) is 0 Å². The fourth-order valence-corrected chi connectivity index (χ4v) is 3.80. The Balaban J connectivity index is 1.79. The van der Waals surface area contributed by atoms with E-state index in [0.29, 0.717) is 19.2 Å². The molecule has 2 heterocycles. The van der Waals surface area contributed by atoms with E-state index in [1.54, 1.807) is 24.5 Å².